The average molecular weight is 390 g/mol. The predicted molar refractivity (Wildman–Crippen MR) is 108 cm³/mol. The van der Waals surface area contributed by atoms with Gasteiger partial charge in [-0.1, -0.05) is 37.7 Å². The van der Waals surface area contributed by atoms with Gasteiger partial charge in [0.25, 0.3) is 0 Å². The van der Waals surface area contributed by atoms with Gasteiger partial charge in [0.05, 0.1) is 28.3 Å². The lowest BCUT2D eigenvalue weighted by Crippen LogP contribution is -2.38. The third-order valence-electron chi connectivity index (χ3n) is 4.22. The zero-order chi connectivity index (χ0) is 18.4. The van der Waals surface area contributed by atoms with Crippen LogP contribution in [0.25, 0.3) is 10.2 Å². The van der Waals surface area contributed by atoms with Gasteiger partial charge in [-0.2, -0.15) is 0 Å². The molecule has 0 aliphatic rings. The summed E-state index contributed by atoms with van der Waals surface area (Å²) in [7, 11) is 0. The number of thioether (sulfide) groups is 1. The number of benzene rings is 1. The molecule has 2 heterocycles. The molecule has 0 saturated heterocycles. The first kappa shape index (κ1) is 18.9. The number of fused-ring (bicyclic) bond motifs is 1. The van der Waals surface area contributed by atoms with E-state index in [9.17, 15) is 4.79 Å². The number of likely N-dealkylation sites (N-methyl/N-ethyl adjacent to an activating group) is 1. The summed E-state index contributed by atoms with van der Waals surface area (Å²) in [6.45, 7) is 6.57. The highest BCUT2D eigenvalue weighted by atomic mass is 32.2. The maximum atomic E-state index is 12.3. The van der Waals surface area contributed by atoms with Crippen molar-refractivity contribution in [2.45, 2.75) is 24.2 Å². The van der Waals surface area contributed by atoms with Crippen LogP contribution in [0.5, 0.6) is 0 Å². The van der Waals surface area contributed by atoms with Crippen molar-refractivity contribution in [2.75, 3.05) is 25.4 Å². The van der Waals surface area contributed by atoms with Crippen LogP contribution in [0.3, 0.4) is 0 Å². The Morgan fingerprint density at radius 1 is 1.27 bits per heavy atom. The van der Waals surface area contributed by atoms with Gasteiger partial charge in [-0.15, -0.1) is 11.3 Å². The molecule has 3 rings (SSSR count). The number of thiazole rings is 1. The number of rotatable bonds is 9. The van der Waals surface area contributed by atoms with E-state index in [1.165, 1.54) is 11.8 Å². The Balaban J connectivity index is 1.54. The summed E-state index contributed by atoms with van der Waals surface area (Å²) in [5.74, 6) is 1.26. The number of amides is 1. The quantitative estimate of drug-likeness (QED) is 0.556. The lowest BCUT2D eigenvalue weighted by atomic mass is 10.2. The summed E-state index contributed by atoms with van der Waals surface area (Å²) in [6.07, 6.45) is 1.68. The molecule has 1 N–H and O–H groups in total. The molecule has 1 amide bonds. The number of hydrogen-bond acceptors (Lipinski definition) is 6. The summed E-state index contributed by atoms with van der Waals surface area (Å²) in [5, 5.41) is 3.04. The van der Waals surface area contributed by atoms with E-state index in [4.69, 9.17) is 4.42 Å². The van der Waals surface area contributed by atoms with Crippen molar-refractivity contribution in [3.63, 3.8) is 0 Å². The fraction of sp³-hybridized carbons (Fsp3) is 0.368. The van der Waals surface area contributed by atoms with E-state index in [0.29, 0.717) is 12.3 Å². The molecular weight excluding hydrogens is 366 g/mol. The van der Waals surface area contributed by atoms with Crippen molar-refractivity contribution in [1.82, 2.24) is 15.2 Å². The van der Waals surface area contributed by atoms with Gasteiger partial charge < -0.3 is 9.73 Å². The van der Waals surface area contributed by atoms with Crippen LogP contribution in [-0.4, -0.2) is 41.2 Å². The van der Waals surface area contributed by atoms with E-state index in [1.54, 1.807) is 17.6 Å². The van der Waals surface area contributed by atoms with Gasteiger partial charge in [0, 0.05) is 6.54 Å². The smallest absolute Gasteiger partial charge is 0.230 e. The number of carbonyl (C=O) groups is 1. The molecule has 1 aromatic carbocycles. The molecule has 0 radical (unpaired) electrons. The Labute approximate surface area is 161 Å². The Morgan fingerprint density at radius 3 is 2.77 bits per heavy atom. The Kier molecular flexibility index (Phi) is 6.71. The SMILES string of the molecule is CCN(CC)C(CNC(=O)CSc1nc2ccccc2s1)c1ccco1. The molecule has 0 spiro atoms. The zero-order valence-electron chi connectivity index (χ0n) is 15.0. The van der Waals surface area contributed by atoms with E-state index in [2.05, 4.69) is 35.1 Å². The van der Waals surface area contributed by atoms with Gasteiger partial charge in [0.15, 0.2) is 4.34 Å². The van der Waals surface area contributed by atoms with Gasteiger partial charge in [-0.3, -0.25) is 9.69 Å². The van der Waals surface area contributed by atoms with Crippen LogP contribution in [-0.2, 0) is 4.79 Å². The highest BCUT2D eigenvalue weighted by molar-refractivity contribution is 8.01. The zero-order valence-corrected chi connectivity index (χ0v) is 16.6. The van der Waals surface area contributed by atoms with Crippen molar-refractivity contribution in [3.05, 3.63) is 48.4 Å². The third kappa shape index (κ3) is 4.66. The van der Waals surface area contributed by atoms with Gasteiger partial charge in [-0.25, -0.2) is 4.98 Å². The molecule has 0 fully saturated rings. The number of para-hydroxylation sites is 1. The van der Waals surface area contributed by atoms with Crippen LogP contribution >= 0.6 is 23.1 Å². The minimum atomic E-state index is 0.0120. The highest BCUT2D eigenvalue weighted by Crippen LogP contribution is 2.29. The second kappa shape index (κ2) is 9.21. The maximum Gasteiger partial charge on any atom is 0.230 e. The molecule has 1 unspecified atom stereocenters. The average Bonchev–Trinajstić information content (AvgIpc) is 3.32. The predicted octanol–water partition coefficient (Wildman–Crippen LogP) is 4.18. The van der Waals surface area contributed by atoms with Crippen LogP contribution in [0.15, 0.2) is 51.4 Å². The Morgan fingerprint density at radius 2 is 2.08 bits per heavy atom. The molecule has 7 heteroatoms. The minimum Gasteiger partial charge on any atom is -0.468 e. The molecule has 138 valence electrons. The molecule has 0 aliphatic carbocycles. The third-order valence-corrected chi connectivity index (χ3v) is 6.40. The van der Waals surface area contributed by atoms with Gasteiger partial charge in [-0.05, 0) is 37.4 Å². The molecular formula is C19H23N3O2S2. The van der Waals surface area contributed by atoms with E-state index in [0.717, 1.165) is 33.4 Å². The maximum absolute atomic E-state index is 12.3. The molecule has 1 atom stereocenters. The van der Waals surface area contributed by atoms with Crippen LogP contribution in [0, 0.1) is 0 Å². The van der Waals surface area contributed by atoms with Crippen molar-refractivity contribution in [1.29, 1.82) is 0 Å². The lowest BCUT2D eigenvalue weighted by molar-refractivity contribution is -0.118. The fourth-order valence-electron chi connectivity index (χ4n) is 2.86. The highest BCUT2D eigenvalue weighted by Gasteiger charge is 2.21. The van der Waals surface area contributed by atoms with Crippen molar-refractivity contribution in [2.24, 2.45) is 0 Å². The Bertz CT molecular complexity index is 795. The number of carbonyl (C=O) groups excluding carboxylic acids is 1. The first-order chi connectivity index (χ1) is 12.7. The standard InChI is InChI=1S/C19H23N3O2S2/c1-3-22(4-2)15(16-9-7-11-24-16)12-20-18(23)13-25-19-21-14-8-5-6-10-17(14)26-19/h5-11,15H,3-4,12-13H2,1-2H3,(H,20,23). The molecule has 0 bridgehead atoms. The van der Waals surface area contributed by atoms with Crippen molar-refractivity contribution < 1.29 is 9.21 Å². The molecule has 2 aromatic heterocycles. The lowest BCUT2D eigenvalue weighted by Gasteiger charge is -2.28. The normalized spacial score (nSPS) is 12.6. The summed E-state index contributed by atoms with van der Waals surface area (Å²) in [4.78, 5) is 19.1. The fourth-order valence-corrected chi connectivity index (χ4v) is 4.75. The van der Waals surface area contributed by atoms with E-state index in [-0.39, 0.29) is 11.9 Å². The van der Waals surface area contributed by atoms with Crippen LogP contribution in [0.2, 0.25) is 0 Å². The minimum absolute atomic E-state index is 0.0120. The van der Waals surface area contributed by atoms with Crippen LogP contribution in [0.1, 0.15) is 25.6 Å². The number of hydrogen-bond donors (Lipinski definition) is 1. The summed E-state index contributed by atoms with van der Waals surface area (Å²) >= 11 is 3.10. The molecule has 3 aromatic rings. The number of aromatic nitrogens is 1. The molecule has 0 aliphatic heterocycles. The monoisotopic (exact) mass is 389 g/mol. The molecule has 5 nitrogen and oxygen atoms in total. The molecule has 26 heavy (non-hydrogen) atoms. The number of nitrogens with zero attached hydrogens (tertiary/aromatic N) is 2. The van der Waals surface area contributed by atoms with Crippen LogP contribution < -0.4 is 5.32 Å². The summed E-state index contributed by atoms with van der Waals surface area (Å²) in [6, 6.07) is 11.9. The van der Waals surface area contributed by atoms with E-state index < -0.39 is 0 Å². The van der Waals surface area contributed by atoms with Gasteiger partial charge in [0.2, 0.25) is 5.91 Å². The van der Waals surface area contributed by atoms with Gasteiger partial charge >= 0.3 is 0 Å². The van der Waals surface area contributed by atoms with Crippen molar-refractivity contribution in [3.8, 4) is 0 Å². The van der Waals surface area contributed by atoms with Crippen LogP contribution in [0.4, 0.5) is 0 Å². The summed E-state index contributed by atoms with van der Waals surface area (Å²) in [5.41, 5.74) is 0.986. The largest absolute Gasteiger partial charge is 0.468 e. The first-order valence-corrected chi connectivity index (χ1v) is 10.5. The Hall–Kier alpha value is -1.83. The number of nitrogens with one attached hydrogen (secondary N) is 1. The number of furan rings is 1. The van der Waals surface area contributed by atoms with E-state index >= 15 is 0 Å². The molecule has 0 saturated carbocycles. The second-order valence-electron chi connectivity index (χ2n) is 5.79. The van der Waals surface area contributed by atoms with Crippen molar-refractivity contribution >= 4 is 39.2 Å². The summed E-state index contributed by atoms with van der Waals surface area (Å²) < 4.78 is 7.64. The van der Waals surface area contributed by atoms with E-state index in [1.807, 2.05) is 30.3 Å². The van der Waals surface area contributed by atoms with Gasteiger partial charge in [0.1, 0.15) is 5.76 Å². The topological polar surface area (TPSA) is 58.4 Å². The first-order valence-electron chi connectivity index (χ1n) is 8.73. The second-order valence-corrected chi connectivity index (χ2v) is 8.05.